The van der Waals surface area contributed by atoms with Crippen LogP contribution in [0, 0.1) is 13.8 Å². The highest BCUT2D eigenvalue weighted by atomic mass is 35.5. The summed E-state index contributed by atoms with van der Waals surface area (Å²) in [5, 5.41) is 2.94. The summed E-state index contributed by atoms with van der Waals surface area (Å²) < 4.78 is 0. The van der Waals surface area contributed by atoms with Gasteiger partial charge in [0.15, 0.2) is 0 Å². The van der Waals surface area contributed by atoms with Crippen molar-refractivity contribution in [3.63, 3.8) is 0 Å². The molecule has 25 heavy (non-hydrogen) atoms. The fourth-order valence-electron chi connectivity index (χ4n) is 2.71. The number of benzene rings is 2. The van der Waals surface area contributed by atoms with E-state index in [-0.39, 0.29) is 16.6 Å². The van der Waals surface area contributed by atoms with Gasteiger partial charge >= 0.3 is 0 Å². The van der Waals surface area contributed by atoms with Crippen molar-refractivity contribution in [2.24, 2.45) is 0 Å². The SMILES string of the molecule is Cc1ccc(NC2=C(Cl)C(=O)N(CCc3ccccc3)C2=O)cc1C. The third-order valence-corrected chi connectivity index (χ3v) is 4.71. The van der Waals surface area contributed by atoms with Crippen LogP contribution in [0.1, 0.15) is 16.7 Å². The molecule has 128 valence electrons. The summed E-state index contributed by atoms with van der Waals surface area (Å²) in [6.07, 6.45) is 0.597. The van der Waals surface area contributed by atoms with Crippen LogP contribution in [0.25, 0.3) is 0 Å². The van der Waals surface area contributed by atoms with E-state index in [9.17, 15) is 9.59 Å². The number of aryl methyl sites for hydroxylation is 2. The zero-order chi connectivity index (χ0) is 18.0. The maximum Gasteiger partial charge on any atom is 0.278 e. The van der Waals surface area contributed by atoms with E-state index >= 15 is 0 Å². The molecule has 0 aromatic heterocycles. The molecule has 0 fully saturated rings. The quantitative estimate of drug-likeness (QED) is 0.831. The van der Waals surface area contributed by atoms with Crippen LogP contribution in [-0.2, 0) is 16.0 Å². The highest BCUT2D eigenvalue weighted by molar-refractivity contribution is 6.48. The van der Waals surface area contributed by atoms with Crippen molar-refractivity contribution in [1.29, 1.82) is 0 Å². The van der Waals surface area contributed by atoms with Crippen molar-refractivity contribution in [1.82, 2.24) is 4.90 Å². The first-order valence-electron chi connectivity index (χ1n) is 8.11. The highest BCUT2D eigenvalue weighted by Gasteiger charge is 2.37. The van der Waals surface area contributed by atoms with Crippen molar-refractivity contribution in [3.8, 4) is 0 Å². The number of halogens is 1. The van der Waals surface area contributed by atoms with Gasteiger partial charge in [0.2, 0.25) is 0 Å². The van der Waals surface area contributed by atoms with Crippen LogP contribution in [0.5, 0.6) is 0 Å². The van der Waals surface area contributed by atoms with Crippen molar-refractivity contribution < 1.29 is 9.59 Å². The lowest BCUT2D eigenvalue weighted by Crippen LogP contribution is -2.34. The predicted molar refractivity (Wildman–Crippen MR) is 99.3 cm³/mol. The topological polar surface area (TPSA) is 49.4 Å². The number of imide groups is 1. The van der Waals surface area contributed by atoms with Gasteiger partial charge in [-0.1, -0.05) is 48.0 Å². The third kappa shape index (κ3) is 3.59. The standard InChI is InChI=1S/C20H19ClN2O2/c1-13-8-9-16(12-14(13)2)22-18-17(21)19(24)23(20(18)25)11-10-15-6-4-3-5-7-15/h3-9,12,22H,10-11H2,1-2H3. The molecule has 1 aliphatic heterocycles. The summed E-state index contributed by atoms with van der Waals surface area (Å²) in [6, 6.07) is 15.5. The molecule has 2 aromatic rings. The van der Waals surface area contributed by atoms with Crippen LogP contribution < -0.4 is 5.32 Å². The van der Waals surface area contributed by atoms with E-state index in [1.165, 1.54) is 4.90 Å². The van der Waals surface area contributed by atoms with E-state index in [1.54, 1.807) is 0 Å². The third-order valence-electron chi connectivity index (χ3n) is 4.35. The molecule has 0 spiro atoms. The van der Waals surface area contributed by atoms with Crippen LogP contribution in [0.15, 0.2) is 59.3 Å². The number of rotatable bonds is 5. The van der Waals surface area contributed by atoms with Crippen LogP contribution >= 0.6 is 11.6 Å². The molecule has 0 aliphatic carbocycles. The minimum Gasteiger partial charge on any atom is -0.350 e. The van der Waals surface area contributed by atoms with Gasteiger partial charge in [0.25, 0.3) is 11.8 Å². The summed E-state index contributed by atoms with van der Waals surface area (Å²) in [4.78, 5) is 26.1. The van der Waals surface area contributed by atoms with E-state index in [2.05, 4.69) is 5.32 Å². The molecule has 1 aliphatic rings. The molecular weight excluding hydrogens is 336 g/mol. The van der Waals surface area contributed by atoms with E-state index in [0.29, 0.717) is 13.0 Å². The summed E-state index contributed by atoms with van der Waals surface area (Å²) in [5.41, 5.74) is 4.20. The molecule has 0 bridgehead atoms. The minimum absolute atomic E-state index is 0.0590. The van der Waals surface area contributed by atoms with Crippen molar-refractivity contribution in [3.05, 3.63) is 76.0 Å². The Morgan fingerprint density at radius 2 is 1.68 bits per heavy atom. The van der Waals surface area contributed by atoms with Gasteiger partial charge in [-0.15, -0.1) is 0 Å². The second-order valence-electron chi connectivity index (χ2n) is 6.11. The maximum atomic E-state index is 12.6. The van der Waals surface area contributed by atoms with Gasteiger partial charge in [-0.2, -0.15) is 0 Å². The second kappa shape index (κ2) is 7.11. The minimum atomic E-state index is -0.450. The maximum absolute atomic E-state index is 12.6. The zero-order valence-electron chi connectivity index (χ0n) is 14.2. The Kier molecular flexibility index (Phi) is 4.91. The molecule has 0 saturated heterocycles. The average Bonchev–Trinajstić information content (AvgIpc) is 2.81. The molecule has 2 amide bonds. The first-order chi connectivity index (χ1) is 12.0. The van der Waals surface area contributed by atoms with E-state index in [4.69, 9.17) is 11.6 Å². The van der Waals surface area contributed by atoms with Crippen LogP contribution in [0.4, 0.5) is 5.69 Å². The number of nitrogens with zero attached hydrogens (tertiary/aromatic N) is 1. The number of amides is 2. The molecule has 1 N–H and O–H groups in total. The summed E-state index contributed by atoms with van der Waals surface area (Å²) in [7, 11) is 0. The fourth-order valence-corrected chi connectivity index (χ4v) is 2.94. The Hall–Kier alpha value is -2.59. The second-order valence-corrected chi connectivity index (χ2v) is 6.49. The van der Waals surface area contributed by atoms with Crippen LogP contribution in [0.3, 0.4) is 0 Å². The van der Waals surface area contributed by atoms with Gasteiger partial charge in [0.05, 0.1) is 0 Å². The van der Waals surface area contributed by atoms with Gasteiger partial charge in [-0.3, -0.25) is 14.5 Å². The molecule has 2 aromatic carbocycles. The van der Waals surface area contributed by atoms with Crippen LogP contribution in [-0.4, -0.2) is 23.3 Å². The van der Waals surface area contributed by atoms with Gasteiger partial charge in [-0.05, 0) is 49.1 Å². The number of hydrogen-bond donors (Lipinski definition) is 1. The smallest absolute Gasteiger partial charge is 0.278 e. The Labute approximate surface area is 152 Å². The molecule has 0 radical (unpaired) electrons. The average molecular weight is 355 g/mol. The molecule has 5 heteroatoms. The van der Waals surface area contributed by atoms with Gasteiger partial charge in [0.1, 0.15) is 10.7 Å². The first kappa shape index (κ1) is 17.2. The molecule has 0 unspecified atom stereocenters. The molecule has 0 saturated carbocycles. The lowest BCUT2D eigenvalue weighted by atomic mass is 10.1. The first-order valence-corrected chi connectivity index (χ1v) is 8.49. The van der Waals surface area contributed by atoms with E-state index < -0.39 is 5.91 Å². The van der Waals surface area contributed by atoms with Crippen molar-refractivity contribution >= 4 is 29.1 Å². The molecule has 4 nitrogen and oxygen atoms in total. The summed E-state index contributed by atoms with van der Waals surface area (Å²) in [6.45, 7) is 4.31. The lowest BCUT2D eigenvalue weighted by molar-refractivity contribution is -0.137. The Balaban J connectivity index is 1.73. The monoisotopic (exact) mass is 354 g/mol. The molecule has 0 atom stereocenters. The Bertz CT molecular complexity index is 859. The molecule has 1 heterocycles. The van der Waals surface area contributed by atoms with Crippen LogP contribution in [0.2, 0.25) is 0 Å². The zero-order valence-corrected chi connectivity index (χ0v) is 14.9. The lowest BCUT2D eigenvalue weighted by Gasteiger charge is -2.15. The largest absolute Gasteiger partial charge is 0.350 e. The Morgan fingerprint density at radius 1 is 0.960 bits per heavy atom. The van der Waals surface area contributed by atoms with Gasteiger partial charge in [0, 0.05) is 12.2 Å². The Morgan fingerprint density at radius 3 is 2.36 bits per heavy atom. The summed E-state index contributed by atoms with van der Waals surface area (Å²) >= 11 is 6.13. The van der Waals surface area contributed by atoms with Crippen molar-refractivity contribution in [2.75, 3.05) is 11.9 Å². The number of anilines is 1. The number of nitrogens with one attached hydrogen (secondary N) is 1. The van der Waals surface area contributed by atoms with Gasteiger partial charge < -0.3 is 5.32 Å². The van der Waals surface area contributed by atoms with E-state index in [0.717, 1.165) is 22.4 Å². The number of carbonyl (C=O) groups is 2. The van der Waals surface area contributed by atoms with Gasteiger partial charge in [-0.25, -0.2) is 0 Å². The molecule has 3 rings (SSSR count). The fraction of sp³-hybridized carbons (Fsp3) is 0.200. The number of carbonyl (C=O) groups excluding carboxylic acids is 2. The molecular formula is C20H19ClN2O2. The summed E-state index contributed by atoms with van der Waals surface area (Å²) in [5.74, 6) is -0.835. The normalized spacial score (nSPS) is 14.4. The number of hydrogen-bond acceptors (Lipinski definition) is 3. The van der Waals surface area contributed by atoms with E-state index in [1.807, 2.05) is 62.4 Å². The van der Waals surface area contributed by atoms with Crippen molar-refractivity contribution in [2.45, 2.75) is 20.3 Å². The predicted octanol–water partition coefficient (Wildman–Crippen LogP) is 3.78. The highest BCUT2D eigenvalue weighted by Crippen LogP contribution is 2.26.